The van der Waals surface area contributed by atoms with Crippen LogP contribution >= 0.6 is 0 Å². The molecule has 1 rings (SSSR count). The average molecular weight is 236 g/mol. The van der Waals surface area contributed by atoms with E-state index < -0.39 is 21.7 Å². The fraction of sp³-hybridized carbons (Fsp3) is 0.250. The molecule has 0 atom stereocenters. The van der Waals surface area contributed by atoms with Crippen LogP contribution in [0.25, 0.3) is 4.72 Å². The maximum atomic E-state index is 12.7. The minimum absolute atomic E-state index is 0.123. The average Bonchev–Trinajstić information content (AvgIpc) is 2.10. The molecule has 0 aromatic heterocycles. The van der Waals surface area contributed by atoms with Gasteiger partial charge in [-0.3, -0.25) is 0 Å². The molecular formula is C8H10F2N2O2S. The van der Waals surface area contributed by atoms with Crippen LogP contribution in [0.15, 0.2) is 18.2 Å². The van der Waals surface area contributed by atoms with Crippen LogP contribution < -0.4 is 5.73 Å². The second-order valence-corrected chi connectivity index (χ2v) is 4.58. The number of benzene rings is 1. The molecular weight excluding hydrogens is 226 g/mol. The van der Waals surface area contributed by atoms with E-state index in [2.05, 4.69) is 10.5 Å². The summed E-state index contributed by atoms with van der Waals surface area (Å²) in [6.45, 7) is 0.176. The first-order chi connectivity index (χ1) is 6.94. The predicted octanol–water partition coefficient (Wildman–Crippen LogP) is 0.542. The van der Waals surface area contributed by atoms with Crippen LogP contribution in [-0.2, 0) is 10.0 Å². The van der Waals surface area contributed by atoms with Gasteiger partial charge in [-0.15, -0.1) is 5.69 Å². The van der Waals surface area contributed by atoms with Crippen LogP contribution in [0.4, 0.5) is 14.5 Å². The Labute approximate surface area is 86.1 Å². The number of hydrogen-bond donors (Lipinski definition) is 1. The molecule has 15 heavy (non-hydrogen) atoms. The van der Waals surface area contributed by atoms with Gasteiger partial charge in [-0.2, -0.15) is 0 Å². The maximum Gasteiger partial charge on any atom is 0.158 e. The van der Waals surface area contributed by atoms with Crippen molar-refractivity contribution in [2.45, 2.75) is 0 Å². The molecule has 3 N–H and O–H groups in total. The number of halogens is 2. The van der Waals surface area contributed by atoms with Gasteiger partial charge in [0.15, 0.2) is 11.6 Å². The van der Waals surface area contributed by atoms with E-state index in [1.54, 1.807) is 0 Å². The molecule has 0 fully saturated rings. The highest BCUT2D eigenvalue weighted by atomic mass is 32.2. The largest absolute Gasteiger partial charge is 0.577 e. The molecule has 0 radical (unpaired) electrons. The van der Waals surface area contributed by atoms with Gasteiger partial charge < -0.3 is 10.5 Å². The molecule has 1 aromatic rings. The van der Waals surface area contributed by atoms with Crippen LogP contribution in [0.5, 0.6) is 0 Å². The van der Waals surface area contributed by atoms with E-state index in [4.69, 9.17) is 0 Å². The summed E-state index contributed by atoms with van der Waals surface area (Å²) in [6, 6.07) is 2.66. The summed E-state index contributed by atoms with van der Waals surface area (Å²) in [6.07, 6.45) is 0. The standard InChI is InChI=1S/C8H9F2N2O2S/c9-7-2-1-6(5-8(7)10)12-15(13,14)4-3-11/h1-2,5H,3-4,11H2/q-1/p+1. The summed E-state index contributed by atoms with van der Waals surface area (Å²) < 4.78 is 50.9. The maximum absolute atomic E-state index is 12.7. The minimum atomic E-state index is -3.64. The van der Waals surface area contributed by atoms with Crippen LogP contribution in [0.3, 0.4) is 0 Å². The van der Waals surface area contributed by atoms with E-state index in [0.717, 1.165) is 18.2 Å². The molecule has 0 aliphatic carbocycles. The molecule has 0 saturated carbocycles. The molecule has 0 aliphatic heterocycles. The Morgan fingerprint density at radius 2 is 1.93 bits per heavy atom. The molecule has 4 nitrogen and oxygen atoms in total. The number of quaternary nitrogens is 1. The molecule has 0 aliphatic rings. The van der Waals surface area contributed by atoms with Crippen molar-refractivity contribution in [2.24, 2.45) is 0 Å². The highest BCUT2D eigenvalue weighted by Crippen LogP contribution is 2.24. The molecule has 0 bridgehead atoms. The third kappa shape index (κ3) is 3.45. The molecule has 0 unspecified atom stereocenters. The Bertz CT molecular complexity index is 448. The lowest BCUT2D eigenvalue weighted by Crippen LogP contribution is -2.52. The molecule has 0 heterocycles. The van der Waals surface area contributed by atoms with Gasteiger partial charge in [-0.05, 0) is 12.1 Å². The van der Waals surface area contributed by atoms with Crippen molar-refractivity contribution in [1.82, 2.24) is 0 Å². The number of nitrogens with zero attached hydrogens (tertiary/aromatic N) is 1. The summed E-state index contributed by atoms with van der Waals surface area (Å²) in [7, 11) is -3.64. The molecule has 0 amide bonds. The van der Waals surface area contributed by atoms with E-state index >= 15 is 0 Å². The first-order valence-electron chi connectivity index (χ1n) is 4.14. The van der Waals surface area contributed by atoms with Crippen LogP contribution in [0.1, 0.15) is 0 Å². The summed E-state index contributed by atoms with van der Waals surface area (Å²) in [5.74, 6) is -2.38. The van der Waals surface area contributed by atoms with Crippen LogP contribution in [0, 0.1) is 11.6 Å². The number of hydrogen-bond acceptors (Lipinski definition) is 2. The van der Waals surface area contributed by atoms with Gasteiger partial charge in [0.1, 0.15) is 0 Å². The zero-order valence-corrected chi connectivity index (χ0v) is 8.60. The van der Waals surface area contributed by atoms with E-state index in [0.29, 0.717) is 0 Å². The number of rotatable bonds is 4. The van der Waals surface area contributed by atoms with Crippen LogP contribution in [-0.4, -0.2) is 20.7 Å². The SMILES string of the molecule is [NH3+]CCS(=O)(=O)[N-]c1ccc(F)c(F)c1. The van der Waals surface area contributed by atoms with E-state index in [-0.39, 0.29) is 18.0 Å². The topological polar surface area (TPSA) is 75.9 Å². The van der Waals surface area contributed by atoms with Crippen molar-refractivity contribution >= 4 is 15.7 Å². The summed E-state index contributed by atoms with van der Waals surface area (Å²) in [5, 5.41) is 0. The predicted molar refractivity (Wildman–Crippen MR) is 50.9 cm³/mol. The van der Waals surface area contributed by atoms with Crippen molar-refractivity contribution in [3.63, 3.8) is 0 Å². The minimum Gasteiger partial charge on any atom is -0.577 e. The van der Waals surface area contributed by atoms with Crippen molar-refractivity contribution in [2.75, 3.05) is 12.3 Å². The monoisotopic (exact) mass is 236 g/mol. The van der Waals surface area contributed by atoms with E-state index in [1.807, 2.05) is 0 Å². The van der Waals surface area contributed by atoms with Crippen molar-refractivity contribution in [3.8, 4) is 0 Å². The van der Waals surface area contributed by atoms with E-state index in [9.17, 15) is 17.2 Å². The Balaban J connectivity index is 2.86. The Morgan fingerprint density at radius 3 is 2.47 bits per heavy atom. The van der Waals surface area contributed by atoms with Gasteiger partial charge in [-0.1, -0.05) is 6.07 Å². The first-order valence-corrected chi connectivity index (χ1v) is 5.75. The lowest BCUT2D eigenvalue weighted by Gasteiger charge is -2.20. The van der Waals surface area contributed by atoms with Gasteiger partial charge in [0.25, 0.3) is 0 Å². The molecule has 1 aromatic carbocycles. The zero-order valence-electron chi connectivity index (χ0n) is 7.78. The molecule has 0 saturated heterocycles. The smallest absolute Gasteiger partial charge is 0.158 e. The van der Waals surface area contributed by atoms with Crippen molar-refractivity contribution in [1.29, 1.82) is 0 Å². The summed E-state index contributed by atoms with van der Waals surface area (Å²) in [4.78, 5) is 0. The lowest BCUT2D eigenvalue weighted by molar-refractivity contribution is -0.360. The third-order valence-electron chi connectivity index (χ3n) is 1.55. The summed E-state index contributed by atoms with van der Waals surface area (Å²) >= 11 is 0. The first kappa shape index (κ1) is 11.9. The zero-order chi connectivity index (χ0) is 11.5. The van der Waals surface area contributed by atoms with Crippen molar-refractivity contribution < 1.29 is 22.9 Å². The molecule has 0 spiro atoms. The molecule has 84 valence electrons. The quantitative estimate of drug-likeness (QED) is 0.828. The summed E-state index contributed by atoms with van der Waals surface area (Å²) in [5.41, 5.74) is 3.25. The third-order valence-corrected chi connectivity index (χ3v) is 2.84. The second kappa shape index (κ2) is 4.54. The molecule has 7 heteroatoms. The highest BCUT2D eigenvalue weighted by molar-refractivity contribution is 7.94. The second-order valence-electron chi connectivity index (χ2n) is 2.83. The Morgan fingerprint density at radius 1 is 1.27 bits per heavy atom. The normalized spacial score (nSPS) is 11.4. The number of sulfonamides is 1. The van der Waals surface area contributed by atoms with Crippen LogP contribution in [0.2, 0.25) is 0 Å². The Hall–Kier alpha value is -1.21. The van der Waals surface area contributed by atoms with Gasteiger partial charge >= 0.3 is 0 Å². The van der Waals surface area contributed by atoms with Crippen molar-refractivity contribution in [3.05, 3.63) is 34.6 Å². The lowest BCUT2D eigenvalue weighted by atomic mass is 10.3. The van der Waals surface area contributed by atoms with Gasteiger partial charge in [0, 0.05) is 0 Å². The van der Waals surface area contributed by atoms with Gasteiger partial charge in [0.05, 0.1) is 22.3 Å². The van der Waals surface area contributed by atoms with Gasteiger partial charge in [-0.25, -0.2) is 17.2 Å². The van der Waals surface area contributed by atoms with E-state index in [1.165, 1.54) is 0 Å². The Kier molecular flexibility index (Phi) is 3.59. The fourth-order valence-electron chi connectivity index (χ4n) is 0.930. The fourth-order valence-corrected chi connectivity index (χ4v) is 1.82. The highest BCUT2D eigenvalue weighted by Gasteiger charge is 2.02. The van der Waals surface area contributed by atoms with Gasteiger partial charge in [0.2, 0.25) is 0 Å².